The van der Waals surface area contributed by atoms with Crippen molar-refractivity contribution in [1.82, 2.24) is 15.2 Å². The van der Waals surface area contributed by atoms with Gasteiger partial charge in [-0.2, -0.15) is 0 Å². The van der Waals surface area contributed by atoms with Crippen LogP contribution in [0.5, 0.6) is 0 Å². The van der Waals surface area contributed by atoms with Crippen LogP contribution >= 0.6 is 0 Å². The molecule has 3 rings (SSSR count). The summed E-state index contributed by atoms with van der Waals surface area (Å²) in [6.45, 7) is 12.4. The lowest BCUT2D eigenvalue weighted by Crippen LogP contribution is -2.51. The van der Waals surface area contributed by atoms with Crippen molar-refractivity contribution in [2.45, 2.75) is 76.7 Å². The molecule has 1 N–H and O–H groups in total. The van der Waals surface area contributed by atoms with Crippen molar-refractivity contribution < 1.29 is 4.74 Å². The van der Waals surface area contributed by atoms with Gasteiger partial charge in [0.15, 0.2) is 0 Å². The Morgan fingerprint density at radius 2 is 1.83 bits per heavy atom. The maximum absolute atomic E-state index is 6.22. The van der Waals surface area contributed by atoms with Crippen molar-refractivity contribution >= 4 is 0 Å². The van der Waals surface area contributed by atoms with Crippen LogP contribution in [-0.2, 0) is 11.2 Å². The van der Waals surface area contributed by atoms with Gasteiger partial charge in [0.2, 0.25) is 0 Å². The van der Waals surface area contributed by atoms with Crippen LogP contribution in [0.3, 0.4) is 0 Å². The molecular weight excluding hydrogens is 298 g/mol. The van der Waals surface area contributed by atoms with Gasteiger partial charge >= 0.3 is 0 Å². The second-order valence-corrected chi connectivity index (χ2v) is 8.61. The summed E-state index contributed by atoms with van der Waals surface area (Å²) >= 11 is 0. The minimum absolute atomic E-state index is 0.00753. The number of nitrogens with one attached hydrogen (secondary N) is 1. The van der Waals surface area contributed by atoms with Crippen molar-refractivity contribution in [3.63, 3.8) is 0 Å². The fraction of sp³-hybridized carbons (Fsp3) is 0.750. The lowest BCUT2D eigenvalue weighted by molar-refractivity contribution is -0.0708. The largest absolute Gasteiger partial charge is 0.368 e. The van der Waals surface area contributed by atoms with Gasteiger partial charge in [-0.1, -0.05) is 0 Å². The number of hydrogen-bond donors (Lipinski definition) is 1. The number of ether oxygens (including phenoxy) is 1. The highest BCUT2D eigenvalue weighted by Crippen LogP contribution is 2.37. The fourth-order valence-electron chi connectivity index (χ4n) is 4.27. The highest BCUT2D eigenvalue weighted by Gasteiger charge is 2.46. The highest BCUT2D eigenvalue weighted by atomic mass is 16.5. The summed E-state index contributed by atoms with van der Waals surface area (Å²) in [6, 6.07) is 5.33. The van der Waals surface area contributed by atoms with Gasteiger partial charge in [0.05, 0.1) is 11.2 Å². The molecule has 1 aromatic heterocycles. The normalized spacial score (nSPS) is 27.4. The minimum Gasteiger partial charge on any atom is -0.368 e. The monoisotopic (exact) mass is 331 g/mol. The molecule has 0 radical (unpaired) electrons. The topological polar surface area (TPSA) is 37.4 Å². The predicted octanol–water partition coefficient (Wildman–Crippen LogP) is 3.02. The third kappa shape index (κ3) is 4.56. The first-order valence-corrected chi connectivity index (χ1v) is 9.42. The van der Waals surface area contributed by atoms with Gasteiger partial charge in [0, 0.05) is 31.0 Å². The molecule has 0 spiro atoms. The Morgan fingerprint density at radius 1 is 1.17 bits per heavy atom. The number of pyridine rings is 1. The Balaban J connectivity index is 1.42. The SMILES string of the molecule is CC1(C)C[C@H](NC2CCN(CCc3ccncc3)CC2)C(C)(C)O1. The molecule has 0 amide bonds. The molecule has 0 aliphatic carbocycles. The van der Waals surface area contributed by atoms with Crippen LogP contribution in [0.25, 0.3) is 0 Å². The Hall–Kier alpha value is -0.970. The van der Waals surface area contributed by atoms with Crippen LogP contribution in [-0.4, -0.2) is 52.8 Å². The van der Waals surface area contributed by atoms with E-state index in [4.69, 9.17) is 4.74 Å². The van der Waals surface area contributed by atoms with E-state index in [9.17, 15) is 0 Å². The predicted molar refractivity (Wildman–Crippen MR) is 98.2 cm³/mol. The van der Waals surface area contributed by atoms with Gasteiger partial charge in [-0.25, -0.2) is 0 Å². The molecule has 2 aliphatic rings. The number of nitrogens with zero attached hydrogens (tertiary/aromatic N) is 2. The van der Waals surface area contributed by atoms with Crippen LogP contribution in [0.2, 0.25) is 0 Å². The molecule has 1 aromatic rings. The van der Waals surface area contributed by atoms with Crippen LogP contribution in [0.4, 0.5) is 0 Å². The molecule has 0 unspecified atom stereocenters. The Labute approximate surface area is 147 Å². The Kier molecular flexibility index (Phi) is 5.28. The van der Waals surface area contributed by atoms with Gasteiger partial charge in [0.1, 0.15) is 0 Å². The average Bonchev–Trinajstić information content (AvgIpc) is 2.74. The van der Waals surface area contributed by atoms with E-state index < -0.39 is 0 Å². The van der Waals surface area contributed by atoms with E-state index in [1.54, 1.807) is 0 Å². The zero-order chi connectivity index (χ0) is 17.2. The maximum atomic E-state index is 6.22. The molecule has 2 saturated heterocycles. The molecule has 2 fully saturated rings. The highest BCUT2D eigenvalue weighted by molar-refractivity contribution is 5.10. The third-order valence-corrected chi connectivity index (χ3v) is 5.56. The summed E-state index contributed by atoms with van der Waals surface area (Å²) in [5, 5.41) is 3.90. The molecular formula is C20H33N3O. The smallest absolute Gasteiger partial charge is 0.0787 e. The lowest BCUT2D eigenvalue weighted by atomic mass is 9.92. The van der Waals surface area contributed by atoms with E-state index in [2.05, 4.69) is 55.0 Å². The quantitative estimate of drug-likeness (QED) is 0.900. The van der Waals surface area contributed by atoms with Gasteiger partial charge in [-0.05, 0) is 84.2 Å². The van der Waals surface area contributed by atoms with Crippen molar-refractivity contribution in [1.29, 1.82) is 0 Å². The van der Waals surface area contributed by atoms with Crippen LogP contribution in [0, 0.1) is 0 Å². The standard InChI is InChI=1S/C20H33N3O/c1-19(2)15-18(20(3,4)24-19)22-17-8-13-23(14-9-17)12-7-16-5-10-21-11-6-16/h5-6,10-11,17-18,22H,7-9,12-15H2,1-4H3/t18-/m0/s1. The van der Waals surface area contributed by atoms with E-state index in [-0.39, 0.29) is 11.2 Å². The number of hydrogen-bond acceptors (Lipinski definition) is 4. The molecule has 134 valence electrons. The third-order valence-electron chi connectivity index (χ3n) is 5.56. The average molecular weight is 332 g/mol. The van der Waals surface area contributed by atoms with E-state index in [1.165, 1.54) is 31.5 Å². The minimum atomic E-state index is -0.0675. The fourth-order valence-corrected chi connectivity index (χ4v) is 4.27. The van der Waals surface area contributed by atoms with E-state index in [0.717, 1.165) is 19.4 Å². The van der Waals surface area contributed by atoms with E-state index in [0.29, 0.717) is 12.1 Å². The first-order valence-electron chi connectivity index (χ1n) is 9.42. The van der Waals surface area contributed by atoms with Gasteiger partial charge in [-0.15, -0.1) is 0 Å². The number of likely N-dealkylation sites (tertiary alicyclic amines) is 1. The lowest BCUT2D eigenvalue weighted by Gasteiger charge is -2.36. The molecule has 0 aromatic carbocycles. The maximum Gasteiger partial charge on any atom is 0.0787 e. The number of rotatable bonds is 5. The summed E-state index contributed by atoms with van der Waals surface area (Å²) in [5.41, 5.74) is 1.31. The van der Waals surface area contributed by atoms with Crippen LogP contribution in [0.15, 0.2) is 24.5 Å². The van der Waals surface area contributed by atoms with Crippen molar-refractivity contribution in [3.05, 3.63) is 30.1 Å². The summed E-state index contributed by atoms with van der Waals surface area (Å²) in [6.07, 6.45) is 8.48. The second kappa shape index (κ2) is 7.11. The van der Waals surface area contributed by atoms with Crippen molar-refractivity contribution in [2.24, 2.45) is 0 Å². The Morgan fingerprint density at radius 3 is 2.42 bits per heavy atom. The van der Waals surface area contributed by atoms with Crippen LogP contribution in [0.1, 0.15) is 52.5 Å². The molecule has 3 heterocycles. The summed E-state index contributed by atoms with van der Waals surface area (Å²) in [5.74, 6) is 0. The zero-order valence-corrected chi connectivity index (χ0v) is 15.7. The molecule has 0 bridgehead atoms. The van der Waals surface area contributed by atoms with Gasteiger partial charge in [0.25, 0.3) is 0 Å². The summed E-state index contributed by atoms with van der Waals surface area (Å²) in [4.78, 5) is 6.68. The Bertz CT molecular complexity index is 521. The molecule has 4 heteroatoms. The van der Waals surface area contributed by atoms with Crippen LogP contribution < -0.4 is 5.32 Å². The first kappa shape index (κ1) is 17.8. The van der Waals surface area contributed by atoms with Gasteiger partial charge in [-0.3, -0.25) is 4.98 Å². The zero-order valence-electron chi connectivity index (χ0n) is 15.7. The second-order valence-electron chi connectivity index (χ2n) is 8.61. The van der Waals surface area contributed by atoms with E-state index in [1.807, 2.05) is 12.4 Å². The molecule has 1 atom stereocenters. The van der Waals surface area contributed by atoms with Crippen molar-refractivity contribution in [2.75, 3.05) is 19.6 Å². The van der Waals surface area contributed by atoms with Crippen molar-refractivity contribution in [3.8, 4) is 0 Å². The first-order chi connectivity index (χ1) is 11.3. The molecule has 4 nitrogen and oxygen atoms in total. The molecule has 0 saturated carbocycles. The number of aromatic nitrogens is 1. The van der Waals surface area contributed by atoms with E-state index >= 15 is 0 Å². The van der Waals surface area contributed by atoms with Gasteiger partial charge < -0.3 is 15.0 Å². The molecule has 24 heavy (non-hydrogen) atoms. The summed E-state index contributed by atoms with van der Waals surface area (Å²) < 4.78 is 6.22. The number of piperidine rings is 1. The summed E-state index contributed by atoms with van der Waals surface area (Å²) in [7, 11) is 0. The molecule has 2 aliphatic heterocycles.